The first kappa shape index (κ1) is 30.9. The molecule has 7 N–H and O–H groups in total. The van der Waals surface area contributed by atoms with Gasteiger partial charge < -0.3 is 68.6 Å². The van der Waals surface area contributed by atoms with Gasteiger partial charge >= 0.3 is 0 Å². The molecule has 15 nitrogen and oxygen atoms in total. The predicted molar refractivity (Wildman–Crippen MR) is 144 cm³/mol. The Balaban J connectivity index is 1.39. The molecule has 0 bridgehead atoms. The summed E-state index contributed by atoms with van der Waals surface area (Å²) in [5, 5.41) is 71.9. The van der Waals surface area contributed by atoms with E-state index in [1.54, 1.807) is 24.3 Å². The Morgan fingerprint density at radius 2 is 1.58 bits per heavy atom. The average Bonchev–Trinajstić information content (AvgIpc) is 3.00. The fourth-order valence-corrected chi connectivity index (χ4v) is 4.87. The third-order valence-electron chi connectivity index (χ3n) is 7.36. The van der Waals surface area contributed by atoms with Gasteiger partial charge in [-0.1, -0.05) is 12.1 Å². The van der Waals surface area contributed by atoms with Gasteiger partial charge in [0.25, 0.3) is 0 Å². The smallest absolute Gasteiger partial charge is 0.229 e. The first-order valence-electron chi connectivity index (χ1n) is 13.2. The second kappa shape index (κ2) is 12.6. The third-order valence-corrected chi connectivity index (χ3v) is 7.36. The van der Waals surface area contributed by atoms with Gasteiger partial charge in [-0.2, -0.15) is 0 Å². The average molecular weight is 609 g/mol. The lowest BCUT2D eigenvalue weighted by Crippen LogP contribution is -2.61. The highest BCUT2D eigenvalue weighted by molar-refractivity contribution is 5.91. The van der Waals surface area contributed by atoms with Gasteiger partial charge in [0.05, 0.1) is 33.0 Å². The van der Waals surface area contributed by atoms with Crippen LogP contribution in [0.4, 0.5) is 0 Å². The van der Waals surface area contributed by atoms with Gasteiger partial charge in [-0.05, 0) is 17.7 Å². The van der Waals surface area contributed by atoms with Crippen molar-refractivity contribution in [2.75, 3.05) is 27.4 Å². The summed E-state index contributed by atoms with van der Waals surface area (Å²) in [7, 11) is 2.71. The van der Waals surface area contributed by atoms with E-state index in [9.17, 15) is 40.5 Å². The van der Waals surface area contributed by atoms with Gasteiger partial charge in [0.1, 0.15) is 65.7 Å². The van der Waals surface area contributed by atoms with Crippen LogP contribution < -0.4 is 19.6 Å². The van der Waals surface area contributed by atoms with E-state index in [-0.39, 0.29) is 34.6 Å². The van der Waals surface area contributed by atoms with Crippen LogP contribution >= 0.6 is 0 Å². The van der Waals surface area contributed by atoms with Crippen LogP contribution in [0.15, 0.2) is 45.8 Å². The second-order valence-electron chi connectivity index (χ2n) is 10.1. The highest BCUT2D eigenvalue weighted by atomic mass is 16.7. The molecule has 15 heteroatoms. The Labute approximate surface area is 243 Å². The number of hydrogen-bond acceptors (Lipinski definition) is 15. The molecule has 1 aromatic heterocycles. The highest BCUT2D eigenvalue weighted by Gasteiger charge is 2.47. The maximum atomic E-state index is 13.4. The molecule has 3 aromatic rings. The van der Waals surface area contributed by atoms with E-state index >= 15 is 0 Å². The predicted octanol–water partition coefficient (Wildman–Crippen LogP) is -1.18. The summed E-state index contributed by atoms with van der Waals surface area (Å²) in [5.74, 6) is -0.572. The molecule has 0 spiro atoms. The molecule has 2 fully saturated rings. The molecule has 2 aliphatic heterocycles. The van der Waals surface area contributed by atoms with Crippen molar-refractivity contribution in [3.05, 3.63) is 46.8 Å². The van der Waals surface area contributed by atoms with E-state index in [2.05, 4.69) is 0 Å². The lowest BCUT2D eigenvalue weighted by molar-refractivity contribution is -0.307. The molecule has 9 atom stereocenters. The summed E-state index contributed by atoms with van der Waals surface area (Å²) >= 11 is 0. The zero-order valence-corrected chi connectivity index (χ0v) is 23.0. The van der Waals surface area contributed by atoms with Crippen LogP contribution in [0.5, 0.6) is 23.0 Å². The summed E-state index contributed by atoms with van der Waals surface area (Å²) < 4.78 is 38.0. The molecular formula is C28H32O15. The largest absolute Gasteiger partial charge is 0.504 e. The van der Waals surface area contributed by atoms with E-state index in [0.717, 1.165) is 0 Å². The van der Waals surface area contributed by atoms with Crippen molar-refractivity contribution >= 4 is 11.0 Å². The van der Waals surface area contributed by atoms with Gasteiger partial charge in [-0.25, -0.2) is 0 Å². The normalized spacial score (nSPS) is 31.1. The molecule has 0 amide bonds. The van der Waals surface area contributed by atoms with Crippen molar-refractivity contribution in [1.82, 2.24) is 0 Å². The van der Waals surface area contributed by atoms with Gasteiger partial charge in [0, 0.05) is 6.07 Å². The van der Waals surface area contributed by atoms with Gasteiger partial charge in [-0.3, -0.25) is 4.79 Å². The Morgan fingerprint density at radius 1 is 0.884 bits per heavy atom. The van der Waals surface area contributed by atoms with Crippen LogP contribution in [0.1, 0.15) is 0 Å². The zero-order valence-electron chi connectivity index (χ0n) is 23.0. The molecule has 1 unspecified atom stereocenters. The number of methoxy groups -OCH3 is 2. The Kier molecular flexibility index (Phi) is 9.07. The first-order valence-corrected chi connectivity index (χ1v) is 13.2. The Hall–Kier alpha value is -3.51. The lowest BCUT2D eigenvalue weighted by atomic mass is 9.99. The number of phenolic OH excluding ortho intramolecular Hbond substituents is 1. The number of ether oxygens (including phenoxy) is 6. The van der Waals surface area contributed by atoms with Crippen LogP contribution in [-0.2, 0) is 14.2 Å². The van der Waals surface area contributed by atoms with Crippen LogP contribution in [0.3, 0.4) is 0 Å². The van der Waals surface area contributed by atoms with Gasteiger partial charge in [-0.15, -0.1) is 0 Å². The molecule has 43 heavy (non-hydrogen) atoms. The van der Waals surface area contributed by atoms with Crippen molar-refractivity contribution in [1.29, 1.82) is 0 Å². The Morgan fingerprint density at radius 3 is 2.26 bits per heavy atom. The summed E-state index contributed by atoms with van der Waals surface area (Å²) in [6, 6.07) is 7.85. The molecule has 3 heterocycles. The number of aromatic hydroxyl groups is 1. The zero-order chi connectivity index (χ0) is 31.0. The van der Waals surface area contributed by atoms with Crippen molar-refractivity contribution in [2.45, 2.75) is 55.3 Å². The van der Waals surface area contributed by atoms with E-state index in [1.807, 2.05) is 0 Å². The highest BCUT2D eigenvalue weighted by Crippen LogP contribution is 2.43. The molecule has 2 aromatic carbocycles. The van der Waals surface area contributed by atoms with E-state index in [0.29, 0.717) is 11.3 Å². The first-order chi connectivity index (χ1) is 20.5. The summed E-state index contributed by atoms with van der Waals surface area (Å²) in [6.07, 6.45) is -12.9. The maximum Gasteiger partial charge on any atom is 0.229 e. The fraction of sp³-hybridized carbons (Fsp3) is 0.464. The SMILES string of the molecule is COc1ccc(-c2coc3cc(O[C@@H]4O[C@H](COC5OC[C@@H](O)[C@H](O)[C@H]5O)[C@@H](O)[C@H](O)[C@H]4O)c(OC)c(O)c3c2=O)cc1. The number of hydrogen-bond donors (Lipinski definition) is 7. The minimum Gasteiger partial charge on any atom is -0.504 e. The number of phenols is 1. The molecular weight excluding hydrogens is 576 g/mol. The van der Waals surface area contributed by atoms with E-state index < -0.39 is 73.1 Å². The van der Waals surface area contributed by atoms with Crippen molar-refractivity contribution in [3.63, 3.8) is 0 Å². The van der Waals surface area contributed by atoms with E-state index in [1.165, 1.54) is 26.5 Å². The summed E-state index contributed by atoms with van der Waals surface area (Å²) in [6.45, 7) is -0.828. The third kappa shape index (κ3) is 5.86. The standard InChI is InChI=1S/C28H32O15/c1-37-12-5-3-11(4-6-12)13-8-39-15-7-16(26(38-2)22(33)18(15)19(13)30)42-28-25(36)23(34)21(32)17(43-28)10-41-27-24(35)20(31)14(29)9-40-27/h3-8,14,17,20-21,23-25,27-29,31-36H,9-10H2,1-2H3/t14-,17-,20+,21-,23+,24-,25-,27?,28-/m1/s1. The molecule has 0 radical (unpaired) electrons. The van der Waals surface area contributed by atoms with Crippen molar-refractivity contribution < 1.29 is 68.6 Å². The molecule has 2 saturated heterocycles. The topological polar surface area (TPSA) is 227 Å². The number of benzene rings is 2. The second-order valence-corrected chi connectivity index (χ2v) is 10.1. The summed E-state index contributed by atoms with van der Waals surface area (Å²) in [5.41, 5.74) is 0.00139. The monoisotopic (exact) mass is 608 g/mol. The Bertz CT molecular complexity index is 1470. The van der Waals surface area contributed by atoms with Gasteiger partial charge in [0.2, 0.25) is 17.5 Å². The quantitative estimate of drug-likeness (QED) is 0.160. The van der Waals surface area contributed by atoms with Crippen LogP contribution in [0.2, 0.25) is 0 Å². The van der Waals surface area contributed by atoms with Crippen LogP contribution in [0, 0.1) is 0 Å². The molecule has 234 valence electrons. The number of fused-ring (bicyclic) bond motifs is 1. The molecule has 0 saturated carbocycles. The number of aliphatic hydroxyl groups excluding tert-OH is 6. The van der Waals surface area contributed by atoms with Crippen molar-refractivity contribution in [2.24, 2.45) is 0 Å². The van der Waals surface area contributed by atoms with E-state index in [4.69, 9.17) is 32.8 Å². The number of aliphatic hydroxyl groups is 6. The summed E-state index contributed by atoms with van der Waals surface area (Å²) in [4.78, 5) is 13.4. The molecule has 2 aliphatic rings. The molecule has 5 rings (SSSR count). The van der Waals surface area contributed by atoms with Gasteiger partial charge in [0.15, 0.2) is 17.8 Å². The van der Waals surface area contributed by atoms with Crippen molar-refractivity contribution in [3.8, 4) is 34.1 Å². The van der Waals surface area contributed by atoms with Crippen LogP contribution in [-0.4, -0.2) is 118 Å². The molecule has 0 aliphatic carbocycles. The number of rotatable bonds is 8. The fourth-order valence-electron chi connectivity index (χ4n) is 4.87. The lowest BCUT2D eigenvalue weighted by Gasteiger charge is -2.41. The minimum atomic E-state index is -1.80. The van der Waals surface area contributed by atoms with Crippen LogP contribution in [0.25, 0.3) is 22.1 Å². The maximum absolute atomic E-state index is 13.4. The minimum absolute atomic E-state index is 0.0921.